The predicted octanol–water partition coefficient (Wildman–Crippen LogP) is -0.611. The molecule has 1 aromatic carbocycles. The van der Waals surface area contributed by atoms with Crippen molar-refractivity contribution in [2.45, 2.75) is 0 Å². The molecule has 0 heterocycles. The first-order valence-corrected chi connectivity index (χ1v) is 3.21. The van der Waals surface area contributed by atoms with E-state index >= 15 is 0 Å². The minimum absolute atomic E-state index is 0. The Morgan fingerprint density at radius 1 is 1.30 bits per heavy atom. The molecule has 0 N–H and O–H groups in total. The largest absolute Gasteiger partial charge is 1.00 e. The first-order chi connectivity index (χ1) is 4.43. The Balaban J connectivity index is 0. The van der Waals surface area contributed by atoms with E-state index in [1.807, 2.05) is 18.2 Å². The molecular weight excluding hydrogens is 142 g/mol. The third kappa shape index (κ3) is 3.03. The standard InChI is InChI=1S/C6H5O2P.Li.H/c7-9-8-6-4-2-1-3-5-6;;/h1-5H;;/q;+1;-1. The van der Waals surface area contributed by atoms with Crippen molar-refractivity contribution in [2.24, 2.45) is 0 Å². The zero-order chi connectivity index (χ0) is 6.53. The van der Waals surface area contributed by atoms with Crippen LogP contribution < -0.4 is 23.4 Å². The quantitative estimate of drug-likeness (QED) is 0.413. The van der Waals surface area contributed by atoms with E-state index in [9.17, 15) is 4.57 Å². The Hall–Kier alpha value is -0.283. The summed E-state index contributed by atoms with van der Waals surface area (Å²) in [4.78, 5) is 0. The van der Waals surface area contributed by atoms with E-state index in [4.69, 9.17) is 0 Å². The SMILES string of the molecule is O=POc1ccccc1.[H-].[Li+]. The van der Waals surface area contributed by atoms with Crippen molar-refractivity contribution in [3.8, 4) is 5.75 Å². The molecule has 0 bridgehead atoms. The molecule has 0 fully saturated rings. The smallest absolute Gasteiger partial charge is 1.00 e. The molecule has 48 valence electrons. The second-order valence-corrected chi connectivity index (χ2v) is 1.81. The van der Waals surface area contributed by atoms with Crippen LogP contribution >= 0.6 is 8.69 Å². The summed E-state index contributed by atoms with van der Waals surface area (Å²) in [5.74, 6) is 0.620. The Morgan fingerprint density at radius 3 is 2.40 bits per heavy atom. The Morgan fingerprint density at radius 2 is 1.90 bits per heavy atom. The van der Waals surface area contributed by atoms with E-state index in [1.165, 1.54) is 0 Å². The normalized spacial score (nSPS) is 8.40. The van der Waals surface area contributed by atoms with Gasteiger partial charge in [0.15, 0.2) is 0 Å². The van der Waals surface area contributed by atoms with Gasteiger partial charge in [-0.3, -0.25) is 0 Å². The van der Waals surface area contributed by atoms with E-state index < -0.39 is 0 Å². The Kier molecular flexibility index (Phi) is 5.34. The van der Waals surface area contributed by atoms with E-state index in [0.717, 1.165) is 0 Å². The van der Waals surface area contributed by atoms with E-state index in [-0.39, 0.29) is 29.0 Å². The second-order valence-electron chi connectivity index (χ2n) is 1.48. The van der Waals surface area contributed by atoms with Gasteiger partial charge in [-0.25, -0.2) is 4.57 Å². The third-order valence-corrected chi connectivity index (χ3v) is 1.17. The summed E-state index contributed by atoms with van der Waals surface area (Å²) in [5, 5.41) is 0. The molecule has 0 aromatic heterocycles. The summed E-state index contributed by atoms with van der Waals surface area (Å²) < 4.78 is 14.5. The van der Waals surface area contributed by atoms with Gasteiger partial charge in [0.05, 0.1) is 0 Å². The van der Waals surface area contributed by atoms with Gasteiger partial charge in [0, 0.05) is 0 Å². The fourth-order valence-corrected chi connectivity index (χ4v) is 0.732. The number of benzene rings is 1. The number of para-hydroxylation sites is 1. The van der Waals surface area contributed by atoms with Crippen molar-refractivity contribution in [3.05, 3.63) is 30.3 Å². The maximum atomic E-state index is 9.85. The molecule has 0 amide bonds. The van der Waals surface area contributed by atoms with E-state index in [2.05, 4.69) is 4.52 Å². The molecule has 0 unspecified atom stereocenters. The van der Waals surface area contributed by atoms with Gasteiger partial charge in [0.2, 0.25) is 0 Å². The summed E-state index contributed by atoms with van der Waals surface area (Å²) in [6.07, 6.45) is 0. The zero-order valence-corrected chi connectivity index (χ0v) is 6.54. The summed E-state index contributed by atoms with van der Waals surface area (Å²) >= 11 is 0. The van der Waals surface area contributed by atoms with Gasteiger partial charge in [-0.2, -0.15) is 0 Å². The van der Waals surface area contributed by atoms with Gasteiger partial charge >= 0.3 is 27.5 Å². The Labute approximate surface area is 74.5 Å². The van der Waals surface area contributed by atoms with Gasteiger partial charge in [-0.15, -0.1) is 0 Å². The topological polar surface area (TPSA) is 26.3 Å². The molecule has 1 rings (SSSR count). The van der Waals surface area contributed by atoms with Gasteiger partial charge in [-0.05, 0) is 12.1 Å². The molecular formula is C6H6LiO2P. The first kappa shape index (κ1) is 9.72. The van der Waals surface area contributed by atoms with Crippen LogP contribution in [-0.4, -0.2) is 0 Å². The molecule has 0 radical (unpaired) electrons. The maximum Gasteiger partial charge on any atom is 1.00 e. The molecule has 0 aliphatic heterocycles. The molecule has 0 aliphatic carbocycles. The zero-order valence-electron chi connectivity index (χ0n) is 6.65. The summed E-state index contributed by atoms with van der Waals surface area (Å²) in [5.41, 5.74) is 0. The maximum absolute atomic E-state index is 9.85. The van der Waals surface area contributed by atoms with Crippen LogP contribution in [0.15, 0.2) is 30.3 Å². The van der Waals surface area contributed by atoms with Crippen LogP contribution in [0.2, 0.25) is 0 Å². The van der Waals surface area contributed by atoms with Crippen LogP contribution in [0.4, 0.5) is 0 Å². The van der Waals surface area contributed by atoms with Crippen molar-refractivity contribution in [1.82, 2.24) is 0 Å². The summed E-state index contributed by atoms with van der Waals surface area (Å²) in [7, 11) is -0.305. The molecule has 2 nitrogen and oxygen atoms in total. The summed E-state index contributed by atoms with van der Waals surface area (Å²) in [6.45, 7) is 0. The summed E-state index contributed by atoms with van der Waals surface area (Å²) in [6, 6.07) is 8.99. The molecule has 0 atom stereocenters. The van der Waals surface area contributed by atoms with Crippen molar-refractivity contribution in [2.75, 3.05) is 0 Å². The monoisotopic (exact) mass is 148 g/mol. The van der Waals surface area contributed by atoms with E-state index in [0.29, 0.717) is 5.75 Å². The van der Waals surface area contributed by atoms with Gasteiger partial charge in [-0.1, -0.05) is 18.2 Å². The molecule has 0 saturated carbocycles. The second kappa shape index (κ2) is 5.50. The fraction of sp³-hybridized carbons (Fsp3) is 0. The van der Waals surface area contributed by atoms with E-state index in [1.54, 1.807) is 12.1 Å². The average molecular weight is 148 g/mol. The van der Waals surface area contributed by atoms with Crippen LogP contribution in [0.1, 0.15) is 1.43 Å². The van der Waals surface area contributed by atoms with Crippen LogP contribution in [0.5, 0.6) is 5.75 Å². The van der Waals surface area contributed by atoms with Crippen molar-refractivity contribution in [3.63, 3.8) is 0 Å². The van der Waals surface area contributed by atoms with Crippen LogP contribution in [0.25, 0.3) is 0 Å². The van der Waals surface area contributed by atoms with Crippen LogP contribution in [-0.2, 0) is 4.57 Å². The molecule has 4 heteroatoms. The van der Waals surface area contributed by atoms with Gasteiger partial charge in [0.1, 0.15) is 5.75 Å². The minimum atomic E-state index is -0.305. The number of rotatable bonds is 2. The van der Waals surface area contributed by atoms with Gasteiger partial charge < -0.3 is 5.95 Å². The molecule has 1 aromatic rings. The first-order valence-electron chi connectivity index (χ1n) is 2.48. The third-order valence-electron chi connectivity index (χ3n) is 0.886. The van der Waals surface area contributed by atoms with Gasteiger partial charge in [0.25, 0.3) is 0 Å². The fourth-order valence-electron chi connectivity index (χ4n) is 0.524. The number of hydrogen-bond donors (Lipinski definition) is 0. The molecule has 0 saturated heterocycles. The average Bonchev–Trinajstić information content (AvgIpc) is 1.91. The molecule has 0 aliphatic rings. The molecule has 10 heavy (non-hydrogen) atoms. The van der Waals surface area contributed by atoms with Crippen LogP contribution in [0, 0.1) is 0 Å². The Bertz CT molecular complexity index is 195. The van der Waals surface area contributed by atoms with Crippen molar-refractivity contribution >= 4 is 8.69 Å². The minimum Gasteiger partial charge on any atom is -1.00 e. The van der Waals surface area contributed by atoms with Crippen molar-refractivity contribution in [1.29, 1.82) is 0 Å². The predicted molar refractivity (Wildman–Crippen MR) is 35.8 cm³/mol. The van der Waals surface area contributed by atoms with Crippen LogP contribution in [0.3, 0.4) is 0 Å². The number of hydrogen-bond acceptors (Lipinski definition) is 2. The van der Waals surface area contributed by atoms with Crippen molar-refractivity contribution < 1.29 is 29.4 Å². The molecule has 0 spiro atoms.